The zero-order chi connectivity index (χ0) is 22.4. The van der Waals surface area contributed by atoms with Gasteiger partial charge in [-0.25, -0.2) is 4.79 Å². The predicted octanol–water partition coefficient (Wildman–Crippen LogP) is -0.645. The monoisotopic (exact) mass is 451 g/mol. The second-order valence-corrected chi connectivity index (χ2v) is 10.0. The molecule has 11 heteroatoms. The number of piperazine rings is 1. The minimum Gasteiger partial charge on any atom is -0.477 e. The molecule has 0 aromatic rings. The fourth-order valence-corrected chi connectivity index (χ4v) is 6.61. The number of aliphatic carboxylic acids is 1. The molecule has 0 aliphatic carbocycles. The summed E-state index contributed by atoms with van der Waals surface area (Å²) < 4.78 is 0. The van der Waals surface area contributed by atoms with Crippen molar-refractivity contribution in [3.8, 4) is 0 Å². The molecule has 0 spiro atoms. The van der Waals surface area contributed by atoms with Gasteiger partial charge in [-0.1, -0.05) is 6.92 Å². The number of rotatable bonds is 6. The van der Waals surface area contributed by atoms with E-state index in [0.29, 0.717) is 44.0 Å². The first kappa shape index (κ1) is 22.1. The highest BCUT2D eigenvalue weighted by Gasteiger charge is 2.60. The van der Waals surface area contributed by atoms with Crippen molar-refractivity contribution in [3.05, 3.63) is 10.6 Å². The van der Waals surface area contributed by atoms with Crippen LogP contribution >= 0.6 is 11.8 Å². The van der Waals surface area contributed by atoms with E-state index in [4.69, 9.17) is 5.41 Å². The van der Waals surface area contributed by atoms with Gasteiger partial charge in [0.25, 0.3) is 0 Å². The van der Waals surface area contributed by atoms with Crippen molar-refractivity contribution in [1.29, 1.82) is 5.41 Å². The lowest BCUT2D eigenvalue weighted by atomic mass is 9.79. The van der Waals surface area contributed by atoms with Crippen LogP contribution in [0.3, 0.4) is 0 Å². The molecule has 0 bridgehead atoms. The van der Waals surface area contributed by atoms with Crippen LogP contribution in [0.15, 0.2) is 10.6 Å². The maximum atomic E-state index is 12.9. The number of hydrogen-bond donors (Lipinski definition) is 4. The number of fused-ring (bicyclic) bond motifs is 1. The van der Waals surface area contributed by atoms with Gasteiger partial charge in [0.15, 0.2) is 0 Å². The Morgan fingerprint density at radius 2 is 1.97 bits per heavy atom. The fraction of sp³-hybridized carbons (Fsp3) is 0.700. The lowest BCUT2D eigenvalue weighted by molar-refractivity contribution is -0.163. The van der Waals surface area contributed by atoms with Crippen molar-refractivity contribution >= 4 is 35.9 Å². The van der Waals surface area contributed by atoms with Gasteiger partial charge < -0.3 is 30.2 Å². The van der Waals surface area contributed by atoms with Gasteiger partial charge in [-0.3, -0.25) is 15.0 Å². The molecular formula is C20H29N5O5S. The smallest absolute Gasteiger partial charge is 0.353 e. The Bertz CT molecular complexity index is 825. The highest BCUT2D eigenvalue weighted by atomic mass is 32.2. The lowest BCUT2D eigenvalue weighted by Gasteiger charge is -2.46. The SMILES string of the molecule is CC(O)[C@H]1C(=O)N2C(C(=O)O)=C(S[C@@H]3CN[C@H](C(=O)N4CCN(C=N)CC4)C3)[C@H](C)[C@H]12. The number of aliphatic hydroxyl groups excluding tert-OH is 1. The van der Waals surface area contributed by atoms with Crippen molar-refractivity contribution < 1.29 is 24.6 Å². The third kappa shape index (κ3) is 3.72. The van der Waals surface area contributed by atoms with Gasteiger partial charge in [-0.2, -0.15) is 0 Å². The van der Waals surface area contributed by atoms with Gasteiger partial charge in [0, 0.05) is 48.8 Å². The van der Waals surface area contributed by atoms with Crippen LogP contribution in [0.4, 0.5) is 0 Å². The number of aliphatic hydroxyl groups is 1. The largest absolute Gasteiger partial charge is 0.477 e. The minimum absolute atomic E-state index is 0.0296. The summed E-state index contributed by atoms with van der Waals surface area (Å²) in [5.41, 5.74) is 0.0296. The Morgan fingerprint density at radius 3 is 2.55 bits per heavy atom. The molecule has 4 aliphatic rings. The first-order valence-electron chi connectivity index (χ1n) is 10.7. The normalized spacial score (nSPS) is 34.0. The number of nitrogens with zero attached hydrogens (tertiary/aromatic N) is 3. The summed E-state index contributed by atoms with van der Waals surface area (Å²) in [6.45, 7) is 6.56. The van der Waals surface area contributed by atoms with E-state index >= 15 is 0 Å². The Hall–Kier alpha value is -2.11. The molecule has 4 heterocycles. The summed E-state index contributed by atoms with van der Waals surface area (Å²) in [6, 6.07) is -0.628. The molecule has 31 heavy (non-hydrogen) atoms. The first-order valence-corrected chi connectivity index (χ1v) is 11.5. The average Bonchev–Trinajstić information content (AvgIpc) is 3.29. The molecule has 0 aromatic carbocycles. The van der Waals surface area contributed by atoms with Gasteiger partial charge in [-0.15, -0.1) is 11.8 Å². The van der Waals surface area contributed by atoms with Gasteiger partial charge >= 0.3 is 5.97 Å². The molecule has 170 valence electrons. The predicted molar refractivity (Wildman–Crippen MR) is 114 cm³/mol. The molecule has 2 amide bonds. The molecule has 6 atom stereocenters. The topological polar surface area (TPSA) is 137 Å². The van der Waals surface area contributed by atoms with Crippen LogP contribution < -0.4 is 5.32 Å². The van der Waals surface area contributed by atoms with Crippen molar-refractivity contribution in [2.45, 2.75) is 43.7 Å². The fourth-order valence-electron chi connectivity index (χ4n) is 5.13. The number of thioether (sulfide) groups is 1. The van der Waals surface area contributed by atoms with Crippen molar-refractivity contribution in [2.75, 3.05) is 32.7 Å². The molecule has 0 aromatic heterocycles. The second kappa shape index (κ2) is 8.44. The van der Waals surface area contributed by atoms with E-state index in [0.717, 1.165) is 0 Å². The van der Waals surface area contributed by atoms with E-state index in [1.54, 1.807) is 6.92 Å². The summed E-state index contributed by atoms with van der Waals surface area (Å²) in [7, 11) is 0. The molecule has 4 rings (SSSR count). The zero-order valence-electron chi connectivity index (χ0n) is 17.7. The molecule has 4 aliphatic heterocycles. The molecule has 4 N–H and O–H groups in total. The summed E-state index contributed by atoms with van der Waals surface area (Å²) in [5, 5.41) is 30.4. The van der Waals surface area contributed by atoms with E-state index in [9.17, 15) is 24.6 Å². The minimum atomic E-state index is -1.13. The Morgan fingerprint density at radius 1 is 1.29 bits per heavy atom. The van der Waals surface area contributed by atoms with Crippen LogP contribution in [0.5, 0.6) is 0 Å². The highest BCUT2D eigenvalue weighted by molar-refractivity contribution is 8.03. The van der Waals surface area contributed by atoms with E-state index in [1.165, 1.54) is 23.0 Å². The van der Waals surface area contributed by atoms with Crippen LogP contribution in [0.1, 0.15) is 20.3 Å². The standard InChI is InChI=1S/C20H29N5O5S/c1-10-15-14(11(2)26)19(28)25(15)16(20(29)30)17(10)31-12-7-13(22-8-12)18(27)24-5-3-23(9-21)4-6-24/h9-15,21-22,26H,3-8H2,1-2H3,(H,29,30)/t10-,11?,12+,13+,14-,15-/m1/s1. The Kier molecular flexibility index (Phi) is 6.01. The second-order valence-electron chi connectivity index (χ2n) is 8.70. The highest BCUT2D eigenvalue weighted by Crippen LogP contribution is 2.51. The quantitative estimate of drug-likeness (QED) is 0.238. The molecule has 10 nitrogen and oxygen atoms in total. The maximum Gasteiger partial charge on any atom is 0.353 e. The van der Waals surface area contributed by atoms with Crippen LogP contribution in [-0.4, -0.2) is 105 Å². The summed E-state index contributed by atoms with van der Waals surface area (Å²) >= 11 is 1.45. The number of carboxylic acids is 1. The van der Waals surface area contributed by atoms with Crippen LogP contribution in [-0.2, 0) is 14.4 Å². The Labute approximate surface area is 185 Å². The molecule has 3 saturated heterocycles. The van der Waals surface area contributed by atoms with Crippen molar-refractivity contribution in [3.63, 3.8) is 0 Å². The van der Waals surface area contributed by atoms with E-state index in [2.05, 4.69) is 5.32 Å². The maximum absolute atomic E-state index is 12.9. The van der Waals surface area contributed by atoms with Gasteiger partial charge in [-0.05, 0) is 13.3 Å². The first-order chi connectivity index (χ1) is 14.7. The third-order valence-electron chi connectivity index (χ3n) is 6.80. The van der Waals surface area contributed by atoms with Crippen molar-refractivity contribution in [1.82, 2.24) is 20.0 Å². The summed E-state index contributed by atoms with van der Waals surface area (Å²) in [5.74, 6) is -2.15. The number of amides is 2. The number of carboxylic acid groups (broad SMARTS) is 1. The third-order valence-corrected chi connectivity index (χ3v) is 8.31. The average molecular weight is 452 g/mol. The number of carbonyl (C=O) groups is 3. The van der Waals surface area contributed by atoms with E-state index < -0.39 is 18.0 Å². The molecule has 0 radical (unpaired) electrons. The van der Waals surface area contributed by atoms with E-state index in [1.807, 2.05) is 16.7 Å². The molecule has 1 unspecified atom stereocenters. The number of carbonyl (C=O) groups excluding carboxylic acids is 2. The number of hydrogen-bond acceptors (Lipinski definition) is 7. The van der Waals surface area contributed by atoms with Crippen LogP contribution in [0.25, 0.3) is 0 Å². The number of nitrogens with one attached hydrogen (secondary N) is 2. The zero-order valence-corrected chi connectivity index (χ0v) is 18.5. The molecule has 3 fully saturated rings. The van der Waals surface area contributed by atoms with Crippen LogP contribution in [0.2, 0.25) is 0 Å². The summed E-state index contributed by atoms with van der Waals surface area (Å²) in [6.07, 6.45) is 1.07. The van der Waals surface area contributed by atoms with Crippen LogP contribution in [0, 0.1) is 17.2 Å². The Balaban J connectivity index is 1.42. The molecular weight excluding hydrogens is 422 g/mol. The summed E-state index contributed by atoms with van der Waals surface area (Å²) in [4.78, 5) is 43.0. The van der Waals surface area contributed by atoms with Gasteiger partial charge in [0.2, 0.25) is 11.8 Å². The number of β-lactam (4-membered cyclic amide) rings is 1. The van der Waals surface area contributed by atoms with Gasteiger partial charge in [0.1, 0.15) is 5.70 Å². The van der Waals surface area contributed by atoms with Crippen molar-refractivity contribution in [2.24, 2.45) is 11.8 Å². The molecule has 0 saturated carbocycles. The van der Waals surface area contributed by atoms with E-state index in [-0.39, 0.29) is 40.8 Å². The van der Waals surface area contributed by atoms with Gasteiger partial charge in [0.05, 0.1) is 30.4 Å². The lowest BCUT2D eigenvalue weighted by Crippen LogP contribution is -2.63.